The molecule has 1 aliphatic heterocycles. The fraction of sp³-hybridized carbons (Fsp3) is 0.308. The molecular weight excluding hydrogens is 245 g/mol. The van der Waals surface area contributed by atoms with Crippen molar-refractivity contribution in [2.24, 2.45) is 0 Å². The van der Waals surface area contributed by atoms with Gasteiger partial charge in [-0.05, 0) is 23.8 Å². The van der Waals surface area contributed by atoms with Crippen molar-refractivity contribution in [1.82, 2.24) is 0 Å². The molecule has 1 aliphatic rings. The van der Waals surface area contributed by atoms with Crippen molar-refractivity contribution in [2.75, 3.05) is 6.61 Å². The van der Waals surface area contributed by atoms with Gasteiger partial charge in [0.2, 0.25) is 5.78 Å². The lowest BCUT2D eigenvalue weighted by molar-refractivity contribution is -0.137. The van der Waals surface area contributed by atoms with Gasteiger partial charge in [-0.15, -0.1) is 0 Å². The first-order chi connectivity index (χ1) is 8.47. The molecule has 0 fully saturated rings. The van der Waals surface area contributed by atoms with Gasteiger partial charge >= 0.3 is 6.18 Å². The standard InChI is InChI=1S/C13H11F3O2/c14-13(15,16)10-5-3-9(4-6-10)8-11(17)12-2-1-7-18-12/h2-6H,1,7-8H2. The number of alkyl halides is 3. The molecule has 0 N–H and O–H groups in total. The van der Waals surface area contributed by atoms with Crippen molar-refractivity contribution in [3.05, 3.63) is 47.2 Å². The van der Waals surface area contributed by atoms with E-state index in [2.05, 4.69) is 0 Å². The summed E-state index contributed by atoms with van der Waals surface area (Å²) in [6, 6.07) is 4.59. The van der Waals surface area contributed by atoms with E-state index in [9.17, 15) is 18.0 Å². The van der Waals surface area contributed by atoms with Crippen LogP contribution in [0.15, 0.2) is 36.1 Å². The number of Topliss-reactive ketones (excluding diaryl/α,β-unsaturated/α-hetero) is 1. The van der Waals surface area contributed by atoms with Gasteiger partial charge < -0.3 is 4.74 Å². The van der Waals surface area contributed by atoms with Gasteiger partial charge in [0.1, 0.15) is 0 Å². The summed E-state index contributed by atoms with van der Waals surface area (Å²) < 4.78 is 42.1. The van der Waals surface area contributed by atoms with Crippen molar-refractivity contribution >= 4 is 5.78 Å². The van der Waals surface area contributed by atoms with Gasteiger partial charge in [0.25, 0.3) is 0 Å². The number of hydrogen-bond acceptors (Lipinski definition) is 2. The molecule has 18 heavy (non-hydrogen) atoms. The molecule has 0 spiro atoms. The van der Waals surface area contributed by atoms with Crippen LogP contribution >= 0.6 is 0 Å². The van der Waals surface area contributed by atoms with E-state index in [1.54, 1.807) is 6.08 Å². The van der Waals surface area contributed by atoms with E-state index in [0.29, 0.717) is 24.4 Å². The highest BCUT2D eigenvalue weighted by Crippen LogP contribution is 2.29. The van der Waals surface area contributed by atoms with E-state index in [4.69, 9.17) is 4.74 Å². The molecule has 0 aromatic heterocycles. The predicted molar refractivity (Wildman–Crippen MR) is 58.8 cm³/mol. The van der Waals surface area contributed by atoms with Crippen LogP contribution in [-0.4, -0.2) is 12.4 Å². The molecule has 0 bridgehead atoms. The van der Waals surface area contributed by atoms with Crippen molar-refractivity contribution in [3.63, 3.8) is 0 Å². The Morgan fingerprint density at radius 1 is 1.22 bits per heavy atom. The normalized spacial score (nSPS) is 15.2. The van der Waals surface area contributed by atoms with Gasteiger partial charge in [0.05, 0.1) is 12.2 Å². The molecule has 2 nitrogen and oxygen atoms in total. The van der Waals surface area contributed by atoms with Crippen LogP contribution in [0.1, 0.15) is 17.5 Å². The SMILES string of the molecule is O=C(Cc1ccc(C(F)(F)F)cc1)C1=CCCO1. The Labute approximate surface area is 102 Å². The molecule has 0 radical (unpaired) electrons. The van der Waals surface area contributed by atoms with Gasteiger partial charge in [-0.25, -0.2) is 0 Å². The number of rotatable bonds is 3. The fourth-order valence-electron chi connectivity index (χ4n) is 1.70. The van der Waals surface area contributed by atoms with Crippen LogP contribution in [0.2, 0.25) is 0 Å². The maximum atomic E-state index is 12.3. The lowest BCUT2D eigenvalue weighted by atomic mass is 10.1. The second-order valence-electron chi connectivity index (χ2n) is 4.00. The molecule has 1 heterocycles. The number of ether oxygens (including phenoxy) is 1. The molecule has 2 rings (SSSR count). The second-order valence-corrected chi connectivity index (χ2v) is 4.00. The van der Waals surface area contributed by atoms with Gasteiger partial charge in [-0.3, -0.25) is 4.79 Å². The molecular formula is C13H11F3O2. The van der Waals surface area contributed by atoms with Crippen LogP contribution in [0.3, 0.4) is 0 Å². The van der Waals surface area contributed by atoms with E-state index in [0.717, 1.165) is 12.1 Å². The molecule has 0 amide bonds. The van der Waals surface area contributed by atoms with E-state index >= 15 is 0 Å². The molecule has 0 unspecified atom stereocenters. The third-order valence-electron chi connectivity index (χ3n) is 2.63. The molecule has 0 atom stereocenters. The third-order valence-corrected chi connectivity index (χ3v) is 2.63. The molecule has 1 aromatic carbocycles. The monoisotopic (exact) mass is 256 g/mol. The summed E-state index contributed by atoms with van der Waals surface area (Å²) in [7, 11) is 0. The fourth-order valence-corrected chi connectivity index (χ4v) is 1.70. The minimum Gasteiger partial charge on any atom is -0.490 e. The molecule has 96 valence electrons. The number of carbonyl (C=O) groups is 1. The average molecular weight is 256 g/mol. The first kappa shape index (κ1) is 12.7. The second kappa shape index (κ2) is 4.84. The molecule has 5 heteroatoms. The summed E-state index contributed by atoms with van der Waals surface area (Å²) in [5.74, 6) is 0.113. The number of ketones is 1. The number of benzene rings is 1. The van der Waals surface area contributed by atoms with Gasteiger partial charge in [-0.1, -0.05) is 12.1 Å². The smallest absolute Gasteiger partial charge is 0.416 e. The zero-order chi connectivity index (χ0) is 13.2. The summed E-state index contributed by atoms with van der Waals surface area (Å²) in [6.07, 6.45) is -1.88. The zero-order valence-corrected chi connectivity index (χ0v) is 9.46. The van der Waals surface area contributed by atoms with Crippen LogP contribution in [0.4, 0.5) is 13.2 Å². The summed E-state index contributed by atoms with van der Waals surface area (Å²) in [6.45, 7) is 0.494. The van der Waals surface area contributed by atoms with E-state index in [-0.39, 0.29) is 12.2 Å². The Hall–Kier alpha value is -1.78. The molecule has 0 aliphatic carbocycles. The minimum absolute atomic E-state index is 0.0595. The largest absolute Gasteiger partial charge is 0.490 e. The van der Waals surface area contributed by atoms with E-state index < -0.39 is 11.7 Å². The summed E-state index contributed by atoms with van der Waals surface area (Å²) in [5, 5.41) is 0. The van der Waals surface area contributed by atoms with E-state index in [1.807, 2.05) is 0 Å². The highest BCUT2D eigenvalue weighted by atomic mass is 19.4. The Kier molecular flexibility index (Phi) is 3.41. The molecule has 0 saturated carbocycles. The summed E-state index contributed by atoms with van der Waals surface area (Å²) in [4.78, 5) is 11.7. The van der Waals surface area contributed by atoms with Gasteiger partial charge in [0, 0.05) is 12.8 Å². The highest BCUT2D eigenvalue weighted by Gasteiger charge is 2.30. The van der Waals surface area contributed by atoms with Crippen molar-refractivity contribution in [1.29, 1.82) is 0 Å². The van der Waals surface area contributed by atoms with Crippen LogP contribution in [-0.2, 0) is 22.1 Å². The summed E-state index contributed by atoms with van der Waals surface area (Å²) >= 11 is 0. The van der Waals surface area contributed by atoms with Gasteiger partial charge in [0.15, 0.2) is 5.76 Å². The number of hydrogen-bond donors (Lipinski definition) is 0. The van der Waals surface area contributed by atoms with Crippen LogP contribution in [0, 0.1) is 0 Å². The quantitative estimate of drug-likeness (QED) is 0.830. The average Bonchev–Trinajstić information content (AvgIpc) is 2.82. The maximum absolute atomic E-state index is 12.3. The van der Waals surface area contributed by atoms with Crippen molar-refractivity contribution in [2.45, 2.75) is 19.0 Å². The van der Waals surface area contributed by atoms with Crippen LogP contribution < -0.4 is 0 Å². The predicted octanol–water partition coefficient (Wildman–Crippen LogP) is 3.12. The highest BCUT2D eigenvalue weighted by molar-refractivity contribution is 5.95. The third kappa shape index (κ3) is 2.91. The maximum Gasteiger partial charge on any atom is 0.416 e. The molecule has 1 aromatic rings. The summed E-state index contributed by atoms with van der Waals surface area (Å²) in [5.41, 5.74) is -0.167. The topological polar surface area (TPSA) is 26.3 Å². The number of allylic oxidation sites excluding steroid dienone is 1. The first-order valence-corrected chi connectivity index (χ1v) is 5.49. The Morgan fingerprint density at radius 2 is 1.89 bits per heavy atom. The lowest BCUT2D eigenvalue weighted by Gasteiger charge is -2.07. The number of halogens is 3. The number of carbonyl (C=O) groups excluding carboxylic acids is 1. The van der Waals surface area contributed by atoms with Gasteiger partial charge in [-0.2, -0.15) is 13.2 Å². The first-order valence-electron chi connectivity index (χ1n) is 5.49. The van der Waals surface area contributed by atoms with Crippen LogP contribution in [0.25, 0.3) is 0 Å². The zero-order valence-electron chi connectivity index (χ0n) is 9.46. The van der Waals surface area contributed by atoms with Crippen LogP contribution in [0.5, 0.6) is 0 Å². The Balaban J connectivity index is 2.04. The molecule has 0 saturated heterocycles. The Morgan fingerprint density at radius 3 is 2.39 bits per heavy atom. The van der Waals surface area contributed by atoms with Crippen molar-refractivity contribution < 1.29 is 22.7 Å². The lowest BCUT2D eigenvalue weighted by Crippen LogP contribution is -2.08. The Bertz CT molecular complexity index is 472. The van der Waals surface area contributed by atoms with Crippen molar-refractivity contribution in [3.8, 4) is 0 Å². The van der Waals surface area contributed by atoms with E-state index in [1.165, 1.54) is 12.1 Å². The minimum atomic E-state index is -4.35.